The Bertz CT molecular complexity index is 997. The Morgan fingerprint density at radius 3 is 2.45 bits per heavy atom. The van der Waals surface area contributed by atoms with Gasteiger partial charge in [0.05, 0.1) is 6.61 Å². The maximum Gasteiger partial charge on any atom is 0.352 e. The molecule has 0 radical (unpaired) electrons. The third kappa shape index (κ3) is 4.17. The second-order valence-electron chi connectivity index (χ2n) is 6.45. The zero-order chi connectivity index (χ0) is 20.8. The van der Waals surface area contributed by atoms with Crippen LogP contribution in [0, 0.1) is 11.3 Å². The molecule has 0 N–H and O–H groups in total. The van der Waals surface area contributed by atoms with Crippen LogP contribution in [0.1, 0.15) is 31.9 Å². The van der Waals surface area contributed by atoms with E-state index in [1.54, 1.807) is 13.0 Å². The first-order chi connectivity index (χ1) is 14.1. The summed E-state index contributed by atoms with van der Waals surface area (Å²) in [6, 6.07) is 17.8. The minimum absolute atomic E-state index is 0.140. The third-order valence-electron chi connectivity index (χ3n) is 4.80. The topological polar surface area (TPSA) is 62.6 Å². The van der Waals surface area contributed by atoms with E-state index < -0.39 is 5.97 Å². The van der Waals surface area contributed by atoms with Crippen LogP contribution in [0.25, 0.3) is 5.57 Å². The van der Waals surface area contributed by atoms with Crippen LogP contribution in [0.2, 0.25) is 0 Å². The van der Waals surface area contributed by atoms with Gasteiger partial charge in [0.1, 0.15) is 11.8 Å². The number of carbonyl (C=O) groups excluding carboxylic acids is 1. The van der Waals surface area contributed by atoms with Crippen LogP contribution in [0.4, 0.5) is 5.69 Å². The normalized spacial score (nSPS) is 14.1. The number of fused-ring (bicyclic) bond motifs is 1. The van der Waals surface area contributed by atoms with E-state index in [0.29, 0.717) is 5.75 Å². The number of hydrogen-bond donors (Lipinski definition) is 0. The fraction of sp³-hybridized carbons (Fsp3) is 0.250. The van der Waals surface area contributed by atoms with E-state index in [1.165, 1.54) is 0 Å². The highest BCUT2D eigenvalue weighted by molar-refractivity contribution is 5.96. The quantitative estimate of drug-likeness (QED) is 0.408. The summed E-state index contributed by atoms with van der Waals surface area (Å²) in [4.78, 5) is 14.5. The Balaban J connectivity index is 2.19. The van der Waals surface area contributed by atoms with E-state index in [0.717, 1.165) is 35.5 Å². The summed E-state index contributed by atoms with van der Waals surface area (Å²) in [5.41, 5.74) is 3.67. The van der Waals surface area contributed by atoms with Crippen LogP contribution >= 0.6 is 0 Å². The van der Waals surface area contributed by atoms with E-state index >= 15 is 0 Å². The van der Waals surface area contributed by atoms with Crippen molar-refractivity contribution in [2.24, 2.45) is 0 Å². The first kappa shape index (κ1) is 20.2. The van der Waals surface area contributed by atoms with Crippen LogP contribution in [0.3, 0.4) is 0 Å². The number of rotatable bonds is 6. The van der Waals surface area contributed by atoms with E-state index in [1.807, 2.05) is 48.5 Å². The summed E-state index contributed by atoms with van der Waals surface area (Å²) in [5.74, 6) is 0.133. The van der Waals surface area contributed by atoms with E-state index in [9.17, 15) is 10.1 Å². The van der Waals surface area contributed by atoms with E-state index in [-0.39, 0.29) is 17.9 Å². The summed E-state index contributed by atoms with van der Waals surface area (Å²) < 4.78 is 11.1. The van der Waals surface area contributed by atoms with Crippen LogP contribution in [-0.2, 0) is 9.53 Å². The van der Waals surface area contributed by atoms with Gasteiger partial charge in [-0.25, -0.2) is 4.79 Å². The van der Waals surface area contributed by atoms with E-state index in [4.69, 9.17) is 9.47 Å². The van der Waals surface area contributed by atoms with Crippen molar-refractivity contribution in [1.29, 1.82) is 5.26 Å². The van der Waals surface area contributed by atoms with Gasteiger partial charge >= 0.3 is 5.97 Å². The summed E-state index contributed by atoms with van der Waals surface area (Å²) >= 11 is 0. The molecule has 148 valence electrons. The van der Waals surface area contributed by atoms with Crippen LogP contribution in [0.15, 0.2) is 65.9 Å². The van der Waals surface area contributed by atoms with Gasteiger partial charge in [-0.3, -0.25) is 0 Å². The molecule has 1 heterocycles. The molecule has 29 heavy (non-hydrogen) atoms. The SMILES string of the molecule is CCOC(=O)/C(C#N)=C1/C=C(c2ccccc2)c2ccc(N(CC)CC)cc2O1. The molecule has 0 atom stereocenters. The number of allylic oxidation sites excluding steroid dienone is 1. The molecule has 0 fully saturated rings. The minimum Gasteiger partial charge on any atom is -0.462 e. The molecule has 2 aromatic carbocycles. The lowest BCUT2D eigenvalue weighted by Gasteiger charge is -2.26. The Morgan fingerprint density at radius 2 is 1.83 bits per heavy atom. The number of ether oxygens (including phenoxy) is 2. The van der Waals surface area contributed by atoms with Crippen molar-refractivity contribution in [2.75, 3.05) is 24.6 Å². The van der Waals surface area contributed by atoms with Gasteiger partial charge in [0.15, 0.2) is 11.3 Å². The molecule has 0 aromatic heterocycles. The Morgan fingerprint density at radius 1 is 1.10 bits per heavy atom. The van der Waals surface area contributed by atoms with Crippen LogP contribution in [-0.4, -0.2) is 25.7 Å². The zero-order valence-corrected chi connectivity index (χ0v) is 16.9. The van der Waals surface area contributed by atoms with Gasteiger partial charge in [-0.1, -0.05) is 30.3 Å². The molecule has 2 aromatic rings. The van der Waals surface area contributed by atoms with Crippen molar-refractivity contribution < 1.29 is 14.3 Å². The van der Waals surface area contributed by atoms with E-state index in [2.05, 4.69) is 24.8 Å². The second kappa shape index (κ2) is 9.11. The molecule has 1 aliphatic rings. The molecule has 0 spiro atoms. The van der Waals surface area contributed by atoms with Gasteiger partial charge in [-0.05, 0) is 50.1 Å². The summed E-state index contributed by atoms with van der Waals surface area (Å²) in [6.45, 7) is 7.82. The Kier molecular flexibility index (Phi) is 6.36. The largest absolute Gasteiger partial charge is 0.462 e. The highest BCUT2D eigenvalue weighted by Gasteiger charge is 2.25. The summed E-state index contributed by atoms with van der Waals surface area (Å²) in [5, 5.41) is 9.57. The lowest BCUT2D eigenvalue weighted by atomic mass is 9.93. The fourth-order valence-corrected chi connectivity index (χ4v) is 3.34. The number of nitriles is 1. The number of anilines is 1. The number of nitrogens with zero attached hydrogens (tertiary/aromatic N) is 2. The average Bonchev–Trinajstić information content (AvgIpc) is 2.75. The number of carbonyl (C=O) groups is 1. The van der Waals surface area contributed by atoms with Crippen LogP contribution < -0.4 is 9.64 Å². The van der Waals surface area contributed by atoms with Gasteiger partial charge in [-0.15, -0.1) is 0 Å². The second-order valence-corrected chi connectivity index (χ2v) is 6.45. The first-order valence-electron chi connectivity index (χ1n) is 9.78. The molecular formula is C24H24N2O3. The standard InChI is InChI=1S/C24H24N2O3/c1-4-26(5-2)18-12-13-19-20(17-10-8-7-9-11-17)15-23(29-22(19)14-18)21(16-25)24(27)28-6-3/h7-15H,4-6H2,1-3H3/b23-21-. The van der Waals surface area contributed by atoms with Crippen molar-refractivity contribution in [3.63, 3.8) is 0 Å². The van der Waals surface area contributed by atoms with Crippen LogP contribution in [0.5, 0.6) is 5.75 Å². The lowest BCUT2D eigenvalue weighted by Crippen LogP contribution is -2.22. The molecule has 0 unspecified atom stereocenters. The zero-order valence-electron chi connectivity index (χ0n) is 16.9. The minimum atomic E-state index is -0.683. The molecule has 1 aliphatic heterocycles. The maximum absolute atomic E-state index is 12.3. The average molecular weight is 388 g/mol. The van der Waals surface area contributed by atoms with Gasteiger partial charge in [0, 0.05) is 30.4 Å². The maximum atomic E-state index is 12.3. The molecule has 5 heteroatoms. The molecule has 0 saturated heterocycles. The predicted molar refractivity (Wildman–Crippen MR) is 113 cm³/mol. The third-order valence-corrected chi connectivity index (χ3v) is 4.80. The van der Waals surface area contributed by atoms with Crippen molar-refractivity contribution in [1.82, 2.24) is 0 Å². The molecule has 0 aliphatic carbocycles. The predicted octanol–water partition coefficient (Wildman–Crippen LogP) is 4.70. The van der Waals surface area contributed by atoms with Gasteiger partial charge < -0.3 is 14.4 Å². The van der Waals surface area contributed by atoms with Crippen molar-refractivity contribution in [3.8, 4) is 11.8 Å². The highest BCUT2D eigenvalue weighted by atomic mass is 16.5. The van der Waals surface area contributed by atoms with Crippen molar-refractivity contribution in [2.45, 2.75) is 20.8 Å². The lowest BCUT2D eigenvalue weighted by molar-refractivity contribution is -0.138. The summed E-state index contributed by atoms with van der Waals surface area (Å²) in [6.07, 6.45) is 1.74. The Labute approximate surface area is 171 Å². The monoisotopic (exact) mass is 388 g/mol. The first-order valence-corrected chi connectivity index (χ1v) is 9.78. The number of esters is 1. The summed E-state index contributed by atoms with van der Waals surface area (Å²) in [7, 11) is 0. The molecule has 3 rings (SSSR count). The highest BCUT2D eigenvalue weighted by Crippen LogP contribution is 2.40. The smallest absolute Gasteiger partial charge is 0.352 e. The van der Waals surface area contributed by atoms with Gasteiger partial charge in [0.2, 0.25) is 0 Å². The molecule has 0 saturated carbocycles. The molecule has 5 nitrogen and oxygen atoms in total. The van der Waals surface area contributed by atoms with Gasteiger partial charge in [0.25, 0.3) is 0 Å². The van der Waals surface area contributed by atoms with Gasteiger partial charge in [-0.2, -0.15) is 5.26 Å². The Hall–Kier alpha value is -3.52. The fourth-order valence-electron chi connectivity index (χ4n) is 3.34. The molecule has 0 amide bonds. The molecule has 0 bridgehead atoms. The van der Waals surface area contributed by atoms with Crippen molar-refractivity contribution >= 4 is 17.2 Å². The number of hydrogen-bond acceptors (Lipinski definition) is 5. The number of benzene rings is 2. The molecular weight excluding hydrogens is 364 g/mol. The van der Waals surface area contributed by atoms with Crippen molar-refractivity contribution in [3.05, 3.63) is 77.1 Å².